The second-order valence-electron chi connectivity index (χ2n) is 6.56. The summed E-state index contributed by atoms with van der Waals surface area (Å²) in [6.07, 6.45) is 3.70. The van der Waals surface area contributed by atoms with Crippen LogP contribution in [0.3, 0.4) is 0 Å². The molecule has 4 nitrogen and oxygen atoms in total. The van der Waals surface area contributed by atoms with Crippen LogP contribution in [0.25, 0.3) is 17.0 Å². The van der Waals surface area contributed by atoms with Gasteiger partial charge in [0.1, 0.15) is 5.60 Å². The largest absolute Gasteiger partial charge is 0.444 e. The van der Waals surface area contributed by atoms with E-state index in [2.05, 4.69) is 23.2 Å². The summed E-state index contributed by atoms with van der Waals surface area (Å²) in [5.41, 5.74) is 2.91. The van der Waals surface area contributed by atoms with Gasteiger partial charge < -0.3 is 9.64 Å². The van der Waals surface area contributed by atoms with Gasteiger partial charge in [0, 0.05) is 24.7 Å². The number of fused-ring (bicyclic) bond motifs is 1. The molecule has 1 aliphatic rings. The second-order valence-corrected chi connectivity index (χ2v) is 6.56. The van der Waals surface area contributed by atoms with E-state index in [-0.39, 0.29) is 6.09 Å². The van der Waals surface area contributed by atoms with E-state index in [1.807, 2.05) is 39.0 Å². The van der Waals surface area contributed by atoms with Gasteiger partial charge in [-0.1, -0.05) is 24.3 Å². The Balaban J connectivity index is 1.72. The maximum absolute atomic E-state index is 11.9. The molecule has 1 aromatic carbocycles. The number of benzene rings is 1. The summed E-state index contributed by atoms with van der Waals surface area (Å²) >= 11 is 0. The van der Waals surface area contributed by atoms with Crippen molar-refractivity contribution in [3.05, 3.63) is 47.7 Å². The number of nitrogens with zero attached hydrogens (tertiary/aromatic N) is 2. The highest BCUT2D eigenvalue weighted by Gasteiger charge is 2.29. The first-order valence-electron chi connectivity index (χ1n) is 7.43. The molecule has 114 valence electrons. The first-order chi connectivity index (χ1) is 10.4. The van der Waals surface area contributed by atoms with Crippen LogP contribution < -0.4 is 0 Å². The minimum atomic E-state index is -0.447. The molecule has 0 saturated carbocycles. The molecule has 1 aliphatic heterocycles. The zero-order valence-electron chi connectivity index (χ0n) is 13.2. The number of ether oxygens (including phenoxy) is 1. The Morgan fingerprint density at radius 1 is 1.23 bits per heavy atom. The van der Waals surface area contributed by atoms with E-state index >= 15 is 0 Å². The summed E-state index contributed by atoms with van der Waals surface area (Å²) in [5.74, 6) is 0. The van der Waals surface area contributed by atoms with Crippen LogP contribution >= 0.6 is 0 Å². The number of amides is 1. The third kappa shape index (κ3) is 3.11. The molecular formula is C18H20N2O2. The van der Waals surface area contributed by atoms with Crippen LogP contribution in [0.1, 0.15) is 26.3 Å². The number of pyridine rings is 1. The summed E-state index contributed by atoms with van der Waals surface area (Å²) in [4.78, 5) is 18.0. The van der Waals surface area contributed by atoms with Crippen molar-refractivity contribution in [2.75, 3.05) is 13.1 Å². The lowest BCUT2D eigenvalue weighted by atomic mass is 10.0. The Bertz CT molecular complexity index is 731. The number of hydrogen-bond acceptors (Lipinski definition) is 3. The summed E-state index contributed by atoms with van der Waals surface area (Å²) in [6, 6.07) is 10.1. The van der Waals surface area contributed by atoms with Gasteiger partial charge in [0.25, 0.3) is 0 Å². The van der Waals surface area contributed by atoms with Gasteiger partial charge >= 0.3 is 6.09 Å². The number of likely N-dealkylation sites (tertiary alicyclic amines) is 1. The SMILES string of the molecule is CC(C)(C)OC(=O)N1CC(=Cc2cccc3ncccc23)C1. The van der Waals surface area contributed by atoms with Crippen LogP contribution in [0.15, 0.2) is 42.1 Å². The monoisotopic (exact) mass is 296 g/mol. The predicted octanol–water partition coefficient (Wildman–Crippen LogP) is 3.87. The number of aromatic nitrogens is 1. The topological polar surface area (TPSA) is 42.4 Å². The Morgan fingerprint density at radius 2 is 2.00 bits per heavy atom. The third-order valence-electron chi connectivity index (χ3n) is 3.48. The maximum atomic E-state index is 11.9. The van der Waals surface area contributed by atoms with Gasteiger partial charge in [0.2, 0.25) is 0 Å². The molecule has 0 atom stereocenters. The average Bonchev–Trinajstić information content (AvgIpc) is 2.40. The zero-order valence-corrected chi connectivity index (χ0v) is 13.2. The molecule has 0 unspecified atom stereocenters. The number of hydrogen-bond donors (Lipinski definition) is 0. The minimum Gasteiger partial charge on any atom is -0.444 e. The molecule has 0 radical (unpaired) electrons. The second kappa shape index (κ2) is 5.44. The first-order valence-corrected chi connectivity index (χ1v) is 7.43. The van der Waals surface area contributed by atoms with Crippen LogP contribution in [-0.2, 0) is 4.74 Å². The van der Waals surface area contributed by atoms with E-state index in [1.165, 1.54) is 5.57 Å². The van der Waals surface area contributed by atoms with Crippen LogP contribution in [0.5, 0.6) is 0 Å². The molecule has 0 spiro atoms. The molecule has 0 aliphatic carbocycles. The Hall–Kier alpha value is -2.36. The molecule has 0 N–H and O–H groups in total. The molecule has 1 aromatic heterocycles. The van der Waals surface area contributed by atoms with Crippen LogP contribution in [0, 0.1) is 0 Å². The highest BCUT2D eigenvalue weighted by atomic mass is 16.6. The molecule has 0 bridgehead atoms. The zero-order chi connectivity index (χ0) is 15.7. The van der Waals surface area contributed by atoms with Crippen LogP contribution in [0.2, 0.25) is 0 Å². The molecule has 22 heavy (non-hydrogen) atoms. The van der Waals surface area contributed by atoms with E-state index in [1.54, 1.807) is 11.1 Å². The smallest absolute Gasteiger partial charge is 0.410 e. The lowest BCUT2D eigenvalue weighted by molar-refractivity contribution is 0.0216. The van der Waals surface area contributed by atoms with E-state index in [9.17, 15) is 4.79 Å². The van der Waals surface area contributed by atoms with Crippen LogP contribution in [0.4, 0.5) is 4.79 Å². The fraction of sp³-hybridized carbons (Fsp3) is 0.333. The van der Waals surface area contributed by atoms with Gasteiger partial charge in [-0.2, -0.15) is 0 Å². The summed E-state index contributed by atoms with van der Waals surface area (Å²) in [6.45, 7) is 6.90. The fourth-order valence-corrected chi connectivity index (χ4v) is 2.46. The van der Waals surface area contributed by atoms with Gasteiger partial charge in [-0.25, -0.2) is 4.79 Å². The average molecular weight is 296 g/mol. The standard InChI is InChI=1S/C18H20N2O2/c1-18(2,3)22-17(21)20-11-13(12-20)10-14-6-4-8-16-15(14)7-5-9-19-16/h4-10H,11-12H2,1-3H3. The molecule has 1 fully saturated rings. The van der Waals surface area contributed by atoms with Crippen molar-refractivity contribution in [2.45, 2.75) is 26.4 Å². The molecule has 1 amide bonds. The normalized spacial score (nSPS) is 14.7. The Morgan fingerprint density at radius 3 is 2.73 bits per heavy atom. The summed E-state index contributed by atoms with van der Waals surface area (Å²) < 4.78 is 5.36. The van der Waals surface area contributed by atoms with Crippen molar-refractivity contribution < 1.29 is 9.53 Å². The van der Waals surface area contributed by atoms with Gasteiger partial charge in [-0.15, -0.1) is 0 Å². The number of carbonyl (C=O) groups is 1. The molecule has 4 heteroatoms. The predicted molar refractivity (Wildman–Crippen MR) is 87.5 cm³/mol. The van der Waals surface area contributed by atoms with Gasteiger partial charge in [0.05, 0.1) is 5.52 Å². The lowest BCUT2D eigenvalue weighted by Gasteiger charge is -2.35. The van der Waals surface area contributed by atoms with Crippen molar-refractivity contribution in [1.29, 1.82) is 0 Å². The number of carbonyl (C=O) groups excluding carboxylic acids is 1. The highest BCUT2D eigenvalue weighted by Crippen LogP contribution is 2.24. The highest BCUT2D eigenvalue weighted by molar-refractivity contribution is 5.88. The lowest BCUT2D eigenvalue weighted by Crippen LogP contribution is -2.46. The minimum absolute atomic E-state index is 0.246. The molecule has 2 aromatic rings. The fourth-order valence-electron chi connectivity index (χ4n) is 2.46. The van der Waals surface area contributed by atoms with Crippen molar-refractivity contribution in [3.63, 3.8) is 0 Å². The van der Waals surface area contributed by atoms with Crippen LogP contribution in [-0.4, -0.2) is 34.7 Å². The molecular weight excluding hydrogens is 276 g/mol. The van der Waals surface area contributed by atoms with E-state index < -0.39 is 5.60 Å². The molecule has 2 heterocycles. The Labute approximate surface area is 130 Å². The molecule has 1 saturated heterocycles. The summed E-state index contributed by atoms with van der Waals surface area (Å²) in [7, 11) is 0. The van der Waals surface area contributed by atoms with Gasteiger partial charge in [-0.3, -0.25) is 4.98 Å². The van der Waals surface area contributed by atoms with E-state index in [4.69, 9.17) is 4.74 Å². The Kier molecular flexibility index (Phi) is 3.61. The van der Waals surface area contributed by atoms with Crippen molar-refractivity contribution in [1.82, 2.24) is 9.88 Å². The summed E-state index contributed by atoms with van der Waals surface area (Å²) in [5, 5.41) is 1.13. The van der Waals surface area contributed by atoms with E-state index in [0.717, 1.165) is 16.5 Å². The van der Waals surface area contributed by atoms with E-state index in [0.29, 0.717) is 13.1 Å². The first kappa shape index (κ1) is 14.6. The van der Waals surface area contributed by atoms with Gasteiger partial charge in [0.15, 0.2) is 0 Å². The quantitative estimate of drug-likeness (QED) is 0.802. The third-order valence-corrected chi connectivity index (χ3v) is 3.48. The maximum Gasteiger partial charge on any atom is 0.410 e. The van der Waals surface area contributed by atoms with Gasteiger partial charge in [-0.05, 0) is 44.0 Å². The molecule has 3 rings (SSSR count). The van der Waals surface area contributed by atoms with Crippen molar-refractivity contribution in [2.24, 2.45) is 0 Å². The van der Waals surface area contributed by atoms with Crippen molar-refractivity contribution in [3.8, 4) is 0 Å². The van der Waals surface area contributed by atoms with Crippen molar-refractivity contribution >= 4 is 23.1 Å². The number of rotatable bonds is 1.